The van der Waals surface area contributed by atoms with Crippen molar-refractivity contribution in [1.82, 2.24) is 0 Å². The van der Waals surface area contributed by atoms with E-state index in [0.29, 0.717) is 0 Å². The zero-order valence-corrected chi connectivity index (χ0v) is 15.2. The molecule has 0 heterocycles. The third-order valence-electron chi connectivity index (χ3n) is 3.29. The third-order valence-corrected chi connectivity index (χ3v) is 4.16. The molecule has 5 heteroatoms. The summed E-state index contributed by atoms with van der Waals surface area (Å²) >= 11 is 0. The second kappa shape index (κ2) is 6.89. The van der Waals surface area contributed by atoms with Crippen LogP contribution in [-0.4, -0.2) is 19.1 Å². The quantitative estimate of drug-likeness (QED) is 0.622. The molecule has 0 aromatic heterocycles. The van der Waals surface area contributed by atoms with Gasteiger partial charge in [-0.1, -0.05) is 25.6 Å². The number of aromatic carboxylic acids is 1. The van der Waals surface area contributed by atoms with Crippen molar-refractivity contribution in [3.8, 4) is 11.5 Å². The maximum atomic E-state index is 13.4. The number of aryl methyl sites for hydroxylation is 1. The minimum Gasteiger partial charge on any atom is -0.478 e. The fraction of sp³-hybridized carbons (Fsp3) is 0.211. The Morgan fingerprint density at radius 1 is 1.12 bits per heavy atom. The molecule has 0 radical (unpaired) electrons. The van der Waals surface area contributed by atoms with E-state index in [1.165, 1.54) is 12.1 Å². The van der Waals surface area contributed by atoms with Crippen LogP contribution >= 0.6 is 0 Å². The Hall–Kier alpha value is -2.58. The van der Waals surface area contributed by atoms with Gasteiger partial charge in [0.15, 0.2) is 0 Å². The van der Waals surface area contributed by atoms with Gasteiger partial charge in [-0.15, -0.1) is 5.54 Å². The Morgan fingerprint density at radius 2 is 1.83 bits per heavy atom. The maximum absolute atomic E-state index is 13.4. The first kappa shape index (κ1) is 17.8. The second-order valence-corrected chi connectivity index (χ2v) is 11.4. The number of carbonyl (C=O) groups is 1. The Bertz CT molecular complexity index is 845. The van der Waals surface area contributed by atoms with Gasteiger partial charge < -0.3 is 10.4 Å². The number of benzene rings is 2. The number of anilines is 2. The summed E-state index contributed by atoms with van der Waals surface area (Å²) in [6, 6.07) is 9.22. The van der Waals surface area contributed by atoms with E-state index in [4.69, 9.17) is 0 Å². The fourth-order valence-electron chi connectivity index (χ4n) is 2.09. The molecule has 2 aromatic rings. The number of carboxylic acids is 1. The summed E-state index contributed by atoms with van der Waals surface area (Å²) in [6.45, 7) is 8.45. The van der Waals surface area contributed by atoms with Crippen molar-refractivity contribution < 1.29 is 14.3 Å². The lowest BCUT2D eigenvalue weighted by Gasteiger charge is -2.12. The molecule has 2 aromatic carbocycles. The molecular formula is C19H20FNO2Si. The zero-order chi connectivity index (χ0) is 17.9. The van der Waals surface area contributed by atoms with Gasteiger partial charge in [-0.3, -0.25) is 0 Å². The summed E-state index contributed by atoms with van der Waals surface area (Å²) in [5, 5.41) is 12.2. The van der Waals surface area contributed by atoms with E-state index < -0.39 is 19.9 Å². The van der Waals surface area contributed by atoms with Gasteiger partial charge in [0.25, 0.3) is 0 Å². The SMILES string of the molecule is Cc1cc(C#C[Si](C)(C)C)ccc1Nc1cc(F)ccc1C(=O)O. The number of hydrogen-bond donors (Lipinski definition) is 2. The summed E-state index contributed by atoms with van der Waals surface area (Å²) in [7, 11) is -1.44. The lowest BCUT2D eigenvalue weighted by molar-refractivity contribution is 0.0698. The van der Waals surface area contributed by atoms with Crippen LogP contribution in [0.25, 0.3) is 0 Å². The highest BCUT2D eigenvalue weighted by Crippen LogP contribution is 2.25. The van der Waals surface area contributed by atoms with E-state index in [0.717, 1.165) is 22.9 Å². The van der Waals surface area contributed by atoms with Crippen molar-refractivity contribution in [3.63, 3.8) is 0 Å². The first-order valence-electron chi connectivity index (χ1n) is 7.59. The van der Waals surface area contributed by atoms with E-state index in [1.807, 2.05) is 25.1 Å². The molecule has 0 saturated carbocycles. The molecule has 0 saturated heterocycles. The molecule has 0 atom stereocenters. The minimum absolute atomic E-state index is 0.0263. The molecule has 3 nitrogen and oxygen atoms in total. The largest absolute Gasteiger partial charge is 0.478 e. The van der Waals surface area contributed by atoms with Crippen LogP contribution in [0.1, 0.15) is 21.5 Å². The van der Waals surface area contributed by atoms with Gasteiger partial charge in [-0.05, 0) is 48.9 Å². The van der Waals surface area contributed by atoms with Crippen LogP contribution < -0.4 is 5.32 Å². The van der Waals surface area contributed by atoms with Crippen molar-refractivity contribution >= 4 is 25.4 Å². The molecule has 0 amide bonds. The highest BCUT2D eigenvalue weighted by molar-refractivity contribution is 6.83. The molecule has 0 fully saturated rings. The number of hydrogen-bond acceptors (Lipinski definition) is 2. The summed E-state index contributed by atoms with van der Waals surface area (Å²) in [4.78, 5) is 11.3. The molecule has 0 spiro atoms. The molecule has 24 heavy (non-hydrogen) atoms. The average Bonchev–Trinajstić information content (AvgIpc) is 2.46. The van der Waals surface area contributed by atoms with Gasteiger partial charge in [-0.2, -0.15) is 0 Å². The van der Waals surface area contributed by atoms with Gasteiger partial charge in [0.05, 0.1) is 11.3 Å². The zero-order valence-electron chi connectivity index (χ0n) is 14.2. The van der Waals surface area contributed by atoms with Crippen molar-refractivity contribution in [1.29, 1.82) is 0 Å². The molecule has 0 aliphatic rings. The molecule has 0 bridgehead atoms. The molecule has 2 N–H and O–H groups in total. The van der Waals surface area contributed by atoms with E-state index in [9.17, 15) is 14.3 Å². The summed E-state index contributed by atoms with van der Waals surface area (Å²) in [5.74, 6) is 1.59. The topological polar surface area (TPSA) is 49.3 Å². The Labute approximate surface area is 142 Å². The average molecular weight is 341 g/mol. The standard InChI is InChI=1S/C19H20FNO2Si/c1-13-11-14(9-10-24(2,3)4)5-8-17(13)21-18-12-15(20)6-7-16(18)19(22)23/h5-8,11-12,21H,1-4H3,(H,22,23). The Morgan fingerprint density at radius 3 is 2.42 bits per heavy atom. The normalized spacial score (nSPS) is 10.7. The van der Waals surface area contributed by atoms with Crippen LogP contribution in [0.5, 0.6) is 0 Å². The van der Waals surface area contributed by atoms with Crippen LogP contribution in [0, 0.1) is 24.2 Å². The summed E-state index contributed by atoms with van der Waals surface area (Å²) < 4.78 is 13.4. The van der Waals surface area contributed by atoms with Gasteiger partial charge in [0, 0.05) is 11.3 Å². The van der Waals surface area contributed by atoms with Crippen LogP contribution in [-0.2, 0) is 0 Å². The van der Waals surface area contributed by atoms with E-state index >= 15 is 0 Å². The Balaban J connectivity index is 2.33. The predicted octanol–water partition coefficient (Wildman–Crippen LogP) is 4.80. The number of rotatable bonds is 3. The lowest BCUT2D eigenvalue weighted by Crippen LogP contribution is -2.16. The molecule has 0 aliphatic carbocycles. The third kappa shape index (κ3) is 4.70. The molecule has 2 rings (SSSR count). The van der Waals surface area contributed by atoms with Crippen LogP contribution in [0.15, 0.2) is 36.4 Å². The highest BCUT2D eigenvalue weighted by Gasteiger charge is 2.12. The Kier molecular flexibility index (Phi) is 5.10. The first-order valence-corrected chi connectivity index (χ1v) is 11.1. The van der Waals surface area contributed by atoms with Crippen LogP contribution in [0.4, 0.5) is 15.8 Å². The maximum Gasteiger partial charge on any atom is 0.337 e. The molecule has 0 unspecified atom stereocenters. The van der Waals surface area contributed by atoms with Crippen molar-refractivity contribution in [2.24, 2.45) is 0 Å². The van der Waals surface area contributed by atoms with Gasteiger partial charge in [-0.25, -0.2) is 9.18 Å². The fourth-order valence-corrected chi connectivity index (χ4v) is 2.61. The summed E-state index contributed by atoms with van der Waals surface area (Å²) in [6.07, 6.45) is 0. The van der Waals surface area contributed by atoms with Crippen molar-refractivity contribution in [3.05, 3.63) is 58.9 Å². The van der Waals surface area contributed by atoms with Crippen LogP contribution in [0.2, 0.25) is 19.6 Å². The van der Waals surface area contributed by atoms with Crippen LogP contribution in [0.3, 0.4) is 0 Å². The smallest absolute Gasteiger partial charge is 0.337 e. The van der Waals surface area contributed by atoms with Gasteiger partial charge in [0.1, 0.15) is 13.9 Å². The molecule has 124 valence electrons. The predicted molar refractivity (Wildman–Crippen MR) is 98.0 cm³/mol. The number of carboxylic acid groups (broad SMARTS) is 1. The van der Waals surface area contributed by atoms with E-state index in [-0.39, 0.29) is 11.3 Å². The molecule has 0 aliphatic heterocycles. The highest BCUT2D eigenvalue weighted by atomic mass is 28.3. The van der Waals surface area contributed by atoms with Crippen molar-refractivity contribution in [2.75, 3.05) is 5.32 Å². The first-order chi connectivity index (χ1) is 11.2. The van der Waals surface area contributed by atoms with E-state index in [1.54, 1.807) is 0 Å². The number of nitrogens with one attached hydrogen (secondary N) is 1. The van der Waals surface area contributed by atoms with Crippen molar-refractivity contribution in [2.45, 2.75) is 26.6 Å². The second-order valence-electron chi connectivity index (χ2n) is 6.65. The minimum atomic E-state index is -1.44. The monoisotopic (exact) mass is 341 g/mol. The van der Waals surface area contributed by atoms with E-state index in [2.05, 4.69) is 36.4 Å². The van der Waals surface area contributed by atoms with Gasteiger partial charge >= 0.3 is 5.97 Å². The molecular weight excluding hydrogens is 321 g/mol. The number of halogens is 1. The van der Waals surface area contributed by atoms with Gasteiger partial charge in [0.2, 0.25) is 0 Å². The summed E-state index contributed by atoms with van der Waals surface area (Å²) in [5.41, 5.74) is 6.12. The lowest BCUT2D eigenvalue weighted by atomic mass is 10.1.